The number of anilines is 4. The molecule has 0 bridgehead atoms. The number of imide groups is 4. The molecule has 4 aliphatic rings. The van der Waals surface area contributed by atoms with Gasteiger partial charge in [0.1, 0.15) is 46.0 Å². The van der Waals surface area contributed by atoms with Crippen LogP contribution in [0.15, 0.2) is 194 Å². The van der Waals surface area contributed by atoms with E-state index in [1.54, 1.807) is 146 Å². The molecule has 10 rings (SSSR count). The van der Waals surface area contributed by atoms with Gasteiger partial charge in [-0.1, -0.05) is 12.1 Å². The van der Waals surface area contributed by atoms with Gasteiger partial charge >= 0.3 is 0 Å². The highest BCUT2D eigenvalue weighted by Crippen LogP contribution is 2.33. The summed E-state index contributed by atoms with van der Waals surface area (Å²) in [5.74, 6) is 1.11. The van der Waals surface area contributed by atoms with Crippen LogP contribution in [0.1, 0.15) is 0 Å². The molecule has 16 heteroatoms. The highest BCUT2D eigenvalue weighted by Gasteiger charge is 2.28. The van der Waals surface area contributed by atoms with Crippen molar-refractivity contribution in [2.24, 2.45) is 0 Å². The van der Waals surface area contributed by atoms with Gasteiger partial charge in [0.25, 0.3) is 47.3 Å². The Morgan fingerprint density at radius 3 is 0.574 bits per heavy atom. The molecule has 0 aromatic heterocycles. The summed E-state index contributed by atoms with van der Waals surface area (Å²) in [5.41, 5.74) is 1.84. The van der Waals surface area contributed by atoms with Crippen molar-refractivity contribution in [2.45, 2.75) is 0 Å². The molecule has 0 unspecified atom stereocenters. The predicted octanol–water partition coefficient (Wildman–Crippen LogP) is 8.26. The predicted molar refractivity (Wildman–Crippen MR) is 245 cm³/mol. The van der Waals surface area contributed by atoms with Crippen LogP contribution in [0.25, 0.3) is 0 Å². The van der Waals surface area contributed by atoms with Gasteiger partial charge in [-0.25, -0.2) is 19.6 Å². The summed E-state index contributed by atoms with van der Waals surface area (Å²) in [5, 5.41) is 0. The molecule has 8 amide bonds. The number of rotatable bonds is 12. The fourth-order valence-electron chi connectivity index (χ4n) is 7.02. The van der Waals surface area contributed by atoms with E-state index in [9.17, 15) is 38.4 Å². The Kier molecular flexibility index (Phi) is 11.9. The van der Waals surface area contributed by atoms with Gasteiger partial charge in [0.2, 0.25) is 0 Å². The topological polar surface area (TPSA) is 186 Å². The average molecular weight is 905 g/mol. The minimum atomic E-state index is -0.383. The van der Waals surface area contributed by atoms with Crippen molar-refractivity contribution in [3.8, 4) is 46.0 Å². The van der Waals surface area contributed by atoms with Crippen LogP contribution < -0.4 is 38.5 Å². The van der Waals surface area contributed by atoms with Crippen LogP contribution in [0.2, 0.25) is 0 Å². The van der Waals surface area contributed by atoms with Crippen molar-refractivity contribution < 1.29 is 57.3 Å². The number of nitrogens with zero attached hydrogens (tertiary/aromatic N) is 4. The zero-order valence-corrected chi connectivity index (χ0v) is 35.2. The summed E-state index contributed by atoms with van der Waals surface area (Å²) in [6, 6.07) is 40.4. The lowest BCUT2D eigenvalue weighted by Crippen LogP contribution is -2.29. The Labute approximate surface area is 386 Å². The first-order valence-corrected chi connectivity index (χ1v) is 20.5. The van der Waals surface area contributed by atoms with E-state index in [0.29, 0.717) is 68.7 Å². The first-order valence-electron chi connectivity index (χ1n) is 20.5. The number of carbonyl (C=O) groups is 8. The zero-order valence-electron chi connectivity index (χ0n) is 35.2. The van der Waals surface area contributed by atoms with Crippen LogP contribution >= 0.6 is 0 Å². The van der Waals surface area contributed by atoms with E-state index in [-0.39, 0.29) is 47.3 Å². The molecular formula is C52H32N4O12. The molecule has 332 valence electrons. The number of amides is 8. The molecule has 68 heavy (non-hydrogen) atoms. The summed E-state index contributed by atoms with van der Waals surface area (Å²) >= 11 is 0. The van der Waals surface area contributed by atoms with E-state index < -0.39 is 0 Å². The molecule has 0 radical (unpaired) electrons. The molecular weight excluding hydrogens is 873 g/mol. The molecule has 0 fully saturated rings. The standard InChI is InChI=1S/2C26H16N2O6/c2*29-23-12-13-24(30)27(23)17-4-8-19(9-5-17)33-21-2-1-3-22(16-21)34-20-10-6-18(7-11-20)28-25(31)14-15-26(28)32/h2*1-16H. The number of hydrogen-bond acceptors (Lipinski definition) is 12. The molecule has 4 aliphatic heterocycles. The molecule has 0 aliphatic carbocycles. The minimum absolute atomic E-state index is 0.383. The Morgan fingerprint density at radius 1 is 0.221 bits per heavy atom. The van der Waals surface area contributed by atoms with Gasteiger partial charge in [-0.05, 0) is 121 Å². The van der Waals surface area contributed by atoms with Gasteiger partial charge in [0.05, 0.1) is 22.7 Å². The fraction of sp³-hybridized carbons (Fsp3) is 0. The summed E-state index contributed by atoms with van der Waals surface area (Å²) in [6.45, 7) is 0. The molecule has 6 aromatic rings. The van der Waals surface area contributed by atoms with Crippen LogP contribution in [-0.4, -0.2) is 47.3 Å². The first kappa shape index (κ1) is 43.3. The Morgan fingerprint density at radius 2 is 0.397 bits per heavy atom. The maximum Gasteiger partial charge on any atom is 0.258 e. The monoisotopic (exact) mass is 904 g/mol. The zero-order chi connectivity index (χ0) is 47.3. The quantitative estimate of drug-likeness (QED) is 0.107. The summed E-state index contributed by atoms with van der Waals surface area (Å²) in [4.78, 5) is 98.7. The molecule has 0 saturated heterocycles. The summed E-state index contributed by atoms with van der Waals surface area (Å²) < 4.78 is 23.5. The minimum Gasteiger partial charge on any atom is -0.457 e. The van der Waals surface area contributed by atoms with E-state index in [1.807, 2.05) is 0 Å². The van der Waals surface area contributed by atoms with E-state index in [4.69, 9.17) is 18.9 Å². The van der Waals surface area contributed by atoms with Crippen molar-refractivity contribution >= 4 is 70.0 Å². The van der Waals surface area contributed by atoms with Crippen LogP contribution in [-0.2, 0) is 38.4 Å². The van der Waals surface area contributed by atoms with Crippen molar-refractivity contribution in [2.75, 3.05) is 19.6 Å². The molecule has 0 spiro atoms. The van der Waals surface area contributed by atoms with Crippen molar-refractivity contribution in [1.82, 2.24) is 0 Å². The fourth-order valence-corrected chi connectivity index (χ4v) is 7.02. The highest BCUT2D eigenvalue weighted by molar-refractivity contribution is 6.30. The van der Waals surface area contributed by atoms with Crippen LogP contribution in [0.3, 0.4) is 0 Å². The number of carbonyl (C=O) groups excluding carboxylic acids is 8. The third-order valence-electron chi connectivity index (χ3n) is 10.2. The second-order valence-electron chi connectivity index (χ2n) is 14.7. The summed E-state index contributed by atoms with van der Waals surface area (Å²) in [6.07, 6.45) is 9.84. The van der Waals surface area contributed by atoms with Crippen molar-refractivity contribution in [3.05, 3.63) is 194 Å². The van der Waals surface area contributed by atoms with Crippen molar-refractivity contribution in [3.63, 3.8) is 0 Å². The average Bonchev–Trinajstić information content (AvgIpc) is 4.08. The maximum atomic E-state index is 11.8. The highest BCUT2D eigenvalue weighted by atomic mass is 16.5. The van der Waals surface area contributed by atoms with Gasteiger partial charge in [0.15, 0.2) is 0 Å². The second kappa shape index (κ2) is 18.6. The lowest BCUT2D eigenvalue weighted by atomic mass is 10.2. The lowest BCUT2D eigenvalue weighted by Gasteiger charge is -2.15. The van der Waals surface area contributed by atoms with Crippen LogP contribution in [0.5, 0.6) is 46.0 Å². The van der Waals surface area contributed by atoms with Gasteiger partial charge in [-0.3, -0.25) is 38.4 Å². The third kappa shape index (κ3) is 9.45. The third-order valence-corrected chi connectivity index (χ3v) is 10.2. The first-order chi connectivity index (χ1) is 32.9. The summed E-state index contributed by atoms with van der Waals surface area (Å²) in [7, 11) is 0. The lowest BCUT2D eigenvalue weighted by molar-refractivity contribution is -0.121. The largest absolute Gasteiger partial charge is 0.457 e. The van der Waals surface area contributed by atoms with E-state index in [0.717, 1.165) is 19.6 Å². The van der Waals surface area contributed by atoms with Gasteiger partial charge in [0, 0.05) is 60.7 Å². The molecule has 0 saturated carbocycles. The smallest absolute Gasteiger partial charge is 0.258 e. The van der Waals surface area contributed by atoms with Gasteiger partial charge < -0.3 is 18.9 Å². The molecule has 0 atom stereocenters. The van der Waals surface area contributed by atoms with E-state index in [1.165, 1.54) is 48.6 Å². The van der Waals surface area contributed by atoms with Crippen molar-refractivity contribution in [1.29, 1.82) is 0 Å². The number of hydrogen-bond donors (Lipinski definition) is 0. The molecule has 0 N–H and O–H groups in total. The molecule has 6 aromatic carbocycles. The second-order valence-corrected chi connectivity index (χ2v) is 14.7. The van der Waals surface area contributed by atoms with Gasteiger partial charge in [-0.2, -0.15) is 0 Å². The molecule has 4 heterocycles. The van der Waals surface area contributed by atoms with Crippen LogP contribution in [0, 0.1) is 0 Å². The normalized spacial score (nSPS) is 14.9. The van der Waals surface area contributed by atoms with E-state index >= 15 is 0 Å². The Balaban J connectivity index is 0.000000170. The Hall–Kier alpha value is -9.96. The van der Waals surface area contributed by atoms with E-state index in [2.05, 4.69) is 0 Å². The SMILES string of the molecule is O=C1C=CC(=O)N1c1ccc(Oc2cccc(Oc3ccc(N4C(=O)C=CC4=O)cc3)c2)cc1.O=C1C=CC(=O)N1c1ccc(Oc2cccc(Oc3ccc(N4C(=O)C=CC4=O)cc3)c2)cc1. The number of benzene rings is 6. The Bertz CT molecular complexity index is 2680. The molecule has 16 nitrogen and oxygen atoms in total. The number of ether oxygens (including phenoxy) is 4. The van der Waals surface area contributed by atoms with Gasteiger partial charge in [-0.15, -0.1) is 0 Å². The van der Waals surface area contributed by atoms with Crippen LogP contribution in [0.4, 0.5) is 22.7 Å². The maximum absolute atomic E-state index is 11.8.